The molecule has 30 heavy (non-hydrogen) atoms. The van der Waals surface area contributed by atoms with Crippen molar-refractivity contribution in [3.05, 3.63) is 66.4 Å². The normalized spacial score (nSPS) is 14.1. The predicted molar refractivity (Wildman–Crippen MR) is 118 cm³/mol. The molecule has 6 nitrogen and oxygen atoms in total. The van der Waals surface area contributed by atoms with Gasteiger partial charge in [0.05, 0.1) is 19.0 Å². The first kappa shape index (κ1) is 20.5. The van der Waals surface area contributed by atoms with Gasteiger partial charge in [0.2, 0.25) is 11.8 Å². The Morgan fingerprint density at radius 3 is 2.53 bits per heavy atom. The molecule has 3 aromatic rings. The van der Waals surface area contributed by atoms with Crippen molar-refractivity contribution in [1.82, 2.24) is 14.8 Å². The number of nitrogens with zero attached hydrogens (tertiary/aromatic N) is 2. The van der Waals surface area contributed by atoms with E-state index in [9.17, 15) is 9.59 Å². The minimum absolute atomic E-state index is 0.00919. The van der Waals surface area contributed by atoms with Crippen LogP contribution in [0.15, 0.2) is 65.7 Å². The van der Waals surface area contributed by atoms with Gasteiger partial charge in [-0.2, -0.15) is 0 Å². The van der Waals surface area contributed by atoms with Gasteiger partial charge in [-0.25, -0.2) is 0 Å². The highest BCUT2D eigenvalue weighted by Crippen LogP contribution is 2.30. The number of aromatic nitrogens is 1. The minimum Gasteiger partial charge on any atom is -0.378 e. The molecule has 1 aromatic heterocycles. The standard InChI is InChI=1S/C23H25N3O3S/c27-22(24-14-18-6-2-1-3-7-18)17-30-21-15-26(20-9-5-4-8-19(20)21)16-23(28)25-10-12-29-13-11-25/h1-9,15H,10-14,16-17H2,(H,24,27). The van der Waals surface area contributed by atoms with Crippen LogP contribution in [0.4, 0.5) is 0 Å². The van der Waals surface area contributed by atoms with E-state index in [-0.39, 0.29) is 11.8 Å². The first-order valence-electron chi connectivity index (χ1n) is 10.1. The number of morpholine rings is 1. The van der Waals surface area contributed by atoms with Crippen molar-refractivity contribution in [1.29, 1.82) is 0 Å². The van der Waals surface area contributed by atoms with Crippen LogP contribution in [-0.4, -0.2) is 53.3 Å². The molecule has 0 aliphatic carbocycles. The average Bonchev–Trinajstić information content (AvgIpc) is 3.15. The second kappa shape index (κ2) is 9.82. The highest BCUT2D eigenvalue weighted by Gasteiger charge is 2.19. The van der Waals surface area contributed by atoms with Gasteiger partial charge in [0.1, 0.15) is 6.54 Å². The maximum Gasteiger partial charge on any atom is 0.242 e. The van der Waals surface area contributed by atoms with Crippen LogP contribution in [0.25, 0.3) is 10.9 Å². The van der Waals surface area contributed by atoms with E-state index < -0.39 is 0 Å². The molecule has 0 radical (unpaired) electrons. The average molecular weight is 424 g/mol. The lowest BCUT2D eigenvalue weighted by Gasteiger charge is -2.27. The monoisotopic (exact) mass is 423 g/mol. The quantitative estimate of drug-likeness (QED) is 0.594. The molecule has 0 unspecified atom stereocenters. The first-order valence-corrected chi connectivity index (χ1v) is 11.1. The Balaban J connectivity index is 1.40. The van der Waals surface area contributed by atoms with Crippen LogP contribution in [0.1, 0.15) is 5.56 Å². The van der Waals surface area contributed by atoms with Crippen molar-refractivity contribution in [3.8, 4) is 0 Å². The van der Waals surface area contributed by atoms with Crippen molar-refractivity contribution in [2.75, 3.05) is 32.1 Å². The lowest BCUT2D eigenvalue weighted by molar-refractivity contribution is -0.135. The highest BCUT2D eigenvalue weighted by atomic mass is 32.2. The third kappa shape index (κ3) is 5.04. The Labute approximate surface area is 180 Å². The zero-order valence-corrected chi connectivity index (χ0v) is 17.6. The molecule has 0 bridgehead atoms. The van der Waals surface area contributed by atoms with E-state index in [1.54, 1.807) is 0 Å². The number of hydrogen-bond acceptors (Lipinski definition) is 4. The van der Waals surface area contributed by atoms with E-state index in [1.807, 2.05) is 70.3 Å². The molecular formula is C23H25N3O3S. The molecule has 4 rings (SSSR count). The predicted octanol–water partition coefficient (Wildman–Crippen LogP) is 2.91. The Morgan fingerprint density at radius 2 is 1.73 bits per heavy atom. The summed E-state index contributed by atoms with van der Waals surface area (Å²) in [6.45, 7) is 3.29. The summed E-state index contributed by atoms with van der Waals surface area (Å²) in [5.74, 6) is 0.416. The molecule has 156 valence electrons. The number of hydrogen-bond donors (Lipinski definition) is 1. The molecule has 1 fully saturated rings. The van der Waals surface area contributed by atoms with Crippen molar-refractivity contribution < 1.29 is 14.3 Å². The summed E-state index contributed by atoms with van der Waals surface area (Å²) in [7, 11) is 0. The van der Waals surface area contributed by atoms with E-state index in [2.05, 4.69) is 5.32 Å². The summed E-state index contributed by atoms with van der Waals surface area (Å²) in [5, 5.41) is 4.02. The van der Waals surface area contributed by atoms with Crippen LogP contribution in [-0.2, 0) is 27.4 Å². The van der Waals surface area contributed by atoms with Gasteiger partial charge in [-0.05, 0) is 11.6 Å². The van der Waals surface area contributed by atoms with Crippen LogP contribution in [0.3, 0.4) is 0 Å². The second-order valence-electron chi connectivity index (χ2n) is 7.18. The van der Waals surface area contributed by atoms with Crippen LogP contribution in [0.2, 0.25) is 0 Å². The molecule has 2 heterocycles. The number of rotatable bonds is 7. The van der Waals surface area contributed by atoms with Gasteiger partial charge in [-0.15, -0.1) is 11.8 Å². The van der Waals surface area contributed by atoms with Gasteiger partial charge >= 0.3 is 0 Å². The first-order chi connectivity index (χ1) is 14.7. The summed E-state index contributed by atoms with van der Waals surface area (Å²) in [6.07, 6.45) is 1.98. The summed E-state index contributed by atoms with van der Waals surface area (Å²) in [4.78, 5) is 27.8. The molecule has 0 atom stereocenters. The van der Waals surface area contributed by atoms with E-state index >= 15 is 0 Å². The lowest BCUT2D eigenvalue weighted by Crippen LogP contribution is -2.42. The summed E-state index contributed by atoms with van der Waals surface area (Å²) < 4.78 is 7.32. The highest BCUT2D eigenvalue weighted by molar-refractivity contribution is 8.00. The smallest absolute Gasteiger partial charge is 0.242 e. The zero-order chi connectivity index (χ0) is 20.8. The number of fused-ring (bicyclic) bond motifs is 1. The molecule has 2 amide bonds. The number of carbonyl (C=O) groups excluding carboxylic acids is 2. The summed E-state index contributed by atoms with van der Waals surface area (Å²) in [5.41, 5.74) is 2.08. The van der Waals surface area contributed by atoms with Crippen LogP contribution < -0.4 is 5.32 Å². The SMILES string of the molecule is O=C(CSc1cn(CC(=O)N2CCOCC2)c2ccccc12)NCc1ccccc1. The summed E-state index contributed by atoms with van der Waals surface area (Å²) in [6, 6.07) is 17.9. The van der Waals surface area contributed by atoms with Crippen molar-refractivity contribution in [2.24, 2.45) is 0 Å². The molecule has 0 saturated carbocycles. The third-order valence-corrected chi connectivity index (χ3v) is 6.16. The molecule has 2 aromatic carbocycles. The number of ether oxygens (including phenoxy) is 1. The van der Waals surface area contributed by atoms with Crippen LogP contribution in [0.5, 0.6) is 0 Å². The molecule has 7 heteroatoms. The van der Waals surface area contributed by atoms with Gasteiger partial charge in [-0.1, -0.05) is 48.5 Å². The molecule has 0 spiro atoms. The number of amides is 2. The van der Waals surface area contributed by atoms with Gasteiger partial charge in [0, 0.05) is 41.6 Å². The van der Waals surface area contributed by atoms with Crippen LogP contribution >= 0.6 is 11.8 Å². The topological polar surface area (TPSA) is 63.6 Å². The Hall–Kier alpha value is -2.77. The second-order valence-corrected chi connectivity index (χ2v) is 8.20. The van der Waals surface area contributed by atoms with Crippen LogP contribution in [0, 0.1) is 0 Å². The number of benzene rings is 2. The Kier molecular flexibility index (Phi) is 6.71. The molecule has 1 aliphatic rings. The van der Waals surface area contributed by atoms with E-state index in [4.69, 9.17) is 4.74 Å². The fraction of sp³-hybridized carbons (Fsp3) is 0.304. The number of nitrogens with one attached hydrogen (secondary N) is 1. The van der Waals surface area contributed by atoms with Gasteiger partial charge < -0.3 is 19.5 Å². The molecule has 1 N–H and O–H groups in total. The van der Waals surface area contributed by atoms with Crippen molar-refractivity contribution in [3.63, 3.8) is 0 Å². The number of carbonyl (C=O) groups is 2. The minimum atomic E-state index is -0.00919. The molecular weight excluding hydrogens is 398 g/mol. The summed E-state index contributed by atoms with van der Waals surface area (Å²) >= 11 is 1.50. The largest absolute Gasteiger partial charge is 0.378 e. The van der Waals surface area contributed by atoms with E-state index in [0.29, 0.717) is 45.1 Å². The van der Waals surface area contributed by atoms with E-state index in [1.165, 1.54) is 11.8 Å². The fourth-order valence-corrected chi connectivity index (χ4v) is 4.43. The molecule has 1 aliphatic heterocycles. The zero-order valence-electron chi connectivity index (χ0n) is 16.8. The maximum absolute atomic E-state index is 12.7. The fourth-order valence-electron chi connectivity index (χ4n) is 3.51. The van der Waals surface area contributed by atoms with Gasteiger partial charge in [0.15, 0.2) is 0 Å². The Bertz CT molecular complexity index is 1010. The third-order valence-electron chi connectivity index (χ3n) is 5.11. The molecule has 1 saturated heterocycles. The van der Waals surface area contributed by atoms with Gasteiger partial charge in [-0.3, -0.25) is 9.59 Å². The number of para-hydroxylation sites is 1. The Morgan fingerprint density at radius 1 is 1.00 bits per heavy atom. The van der Waals surface area contributed by atoms with Crippen molar-refractivity contribution in [2.45, 2.75) is 18.0 Å². The van der Waals surface area contributed by atoms with Gasteiger partial charge in [0.25, 0.3) is 0 Å². The maximum atomic E-state index is 12.7. The van der Waals surface area contributed by atoms with E-state index in [0.717, 1.165) is 21.4 Å². The van der Waals surface area contributed by atoms with Crippen molar-refractivity contribution >= 4 is 34.5 Å². The number of thioether (sulfide) groups is 1. The lowest BCUT2D eigenvalue weighted by atomic mass is 10.2.